The summed E-state index contributed by atoms with van der Waals surface area (Å²) in [4.78, 5) is -0.0383. The summed E-state index contributed by atoms with van der Waals surface area (Å²) in [7, 11) is -3.73. The van der Waals surface area contributed by atoms with E-state index in [1.807, 2.05) is 0 Å². The second-order valence-corrected chi connectivity index (χ2v) is 7.40. The van der Waals surface area contributed by atoms with Crippen LogP contribution in [-0.2, 0) is 16.6 Å². The van der Waals surface area contributed by atoms with Crippen LogP contribution in [0.3, 0.4) is 0 Å². The average Bonchev–Trinajstić information content (AvgIpc) is 2.47. The second-order valence-electron chi connectivity index (χ2n) is 5.72. The Morgan fingerprint density at radius 1 is 1.38 bits per heavy atom. The van der Waals surface area contributed by atoms with E-state index in [0.29, 0.717) is 11.5 Å². The van der Waals surface area contributed by atoms with Gasteiger partial charge in [-0.3, -0.25) is 0 Å². The number of hydrogen-bond acceptors (Lipinski definition) is 3. The lowest BCUT2D eigenvalue weighted by molar-refractivity contribution is 0.301. The van der Waals surface area contributed by atoms with Crippen molar-refractivity contribution in [2.24, 2.45) is 11.7 Å². The van der Waals surface area contributed by atoms with E-state index in [1.54, 1.807) is 0 Å². The van der Waals surface area contributed by atoms with Gasteiger partial charge in [-0.2, -0.15) is 0 Å². The van der Waals surface area contributed by atoms with Crippen molar-refractivity contribution in [2.45, 2.75) is 56.5 Å². The fourth-order valence-electron chi connectivity index (χ4n) is 3.00. The minimum absolute atomic E-state index is 0.0383. The molecule has 1 aromatic carbocycles. The summed E-state index contributed by atoms with van der Waals surface area (Å²) < 4.78 is 41.1. The van der Waals surface area contributed by atoms with Gasteiger partial charge < -0.3 is 5.73 Å². The fourth-order valence-corrected chi connectivity index (χ4v) is 4.54. The molecule has 118 valence electrons. The summed E-state index contributed by atoms with van der Waals surface area (Å²) in [5, 5.41) is 0. The third kappa shape index (κ3) is 4.02. The lowest BCUT2D eigenvalue weighted by Crippen LogP contribution is -2.38. The highest BCUT2D eigenvalue weighted by Crippen LogP contribution is 2.28. The van der Waals surface area contributed by atoms with E-state index >= 15 is 0 Å². The Morgan fingerprint density at radius 2 is 2.14 bits per heavy atom. The molecule has 0 spiro atoms. The molecule has 0 saturated heterocycles. The summed E-state index contributed by atoms with van der Waals surface area (Å²) in [5.41, 5.74) is 6.00. The first-order chi connectivity index (χ1) is 9.96. The van der Waals surface area contributed by atoms with Crippen molar-refractivity contribution >= 4 is 10.0 Å². The highest BCUT2D eigenvalue weighted by atomic mass is 32.2. The first kappa shape index (κ1) is 16.4. The Bertz CT molecular complexity index is 589. The molecular formula is C15H23FN2O2S. The van der Waals surface area contributed by atoms with Crippen molar-refractivity contribution in [2.75, 3.05) is 0 Å². The average molecular weight is 314 g/mol. The van der Waals surface area contributed by atoms with Gasteiger partial charge in [0.15, 0.2) is 0 Å². The van der Waals surface area contributed by atoms with Crippen LogP contribution in [0.2, 0.25) is 0 Å². The van der Waals surface area contributed by atoms with Crippen molar-refractivity contribution in [1.82, 2.24) is 4.72 Å². The molecule has 1 saturated carbocycles. The van der Waals surface area contributed by atoms with Crippen molar-refractivity contribution < 1.29 is 12.8 Å². The SMILES string of the molecule is CCC1CCCC(NS(=O)(=O)c2cc(F)ccc2CN)C1. The quantitative estimate of drug-likeness (QED) is 0.877. The smallest absolute Gasteiger partial charge is 0.241 e. The van der Waals surface area contributed by atoms with Crippen molar-refractivity contribution in [3.05, 3.63) is 29.6 Å². The maximum absolute atomic E-state index is 13.4. The van der Waals surface area contributed by atoms with Crippen LogP contribution < -0.4 is 10.5 Å². The van der Waals surface area contributed by atoms with Gasteiger partial charge in [-0.1, -0.05) is 32.3 Å². The van der Waals surface area contributed by atoms with Gasteiger partial charge in [0.2, 0.25) is 10.0 Å². The van der Waals surface area contributed by atoms with Crippen LogP contribution in [0.25, 0.3) is 0 Å². The van der Waals surface area contributed by atoms with E-state index in [9.17, 15) is 12.8 Å². The standard InChI is InChI=1S/C15H23FN2O2S/c1-2-11-4-3-5-14(8-11)18-21(19,20)15-9-13(16)7-6-12(15)10-17/h6-7,9,11,14,18H,2-5,8,10,17H2,1H3. The second kappa shape index (κ2) is 6.85. The zero-order valence-corrected chi connectivity index (χ0v) is 13.1. The summed E-state index contributed by atoms with van der Waals surface area (Å²) in [6.45, 7) is 2.19. The van der Waals surface area contributed by atoms with E-state index in [4.69, 9.17) is 5.73 Å². The van der Waals surface area contributed by atoms with Crippen LogP contribution in [0.15, 0.2) is 23.1 Å². The minimum atomic E-state index is -3.73. The topological polar surface area (TPSA) is 72.2 Å². The van der Waals surface area contributed by atoms with Gasteiger partial charge in [-0.05, 0) is 36.5 Å². The lowest BCUT2D eigenvalue weighted by atomic mass is 9.85. The van der Waals surface area contributed by atoms with Crippen LogP contribution in [0.1, 0.15) is 44.6 Å². The van der Waals surface area contributed by atoms with Crippen molar-refractivity contribution in [1.29, 1.82) is 0 Å². The van der Waals surface area contributed by atoms with E-state index in [1.165, 1.54) is 12.1 Å². The van der Waals surface area contributed by atoms with Gasteiger partial charge >= 0.3 is 0 Å². The molecule has 1 fully saturated rings. The maximum atomic E-state index is 13.4. The molecule has 0 bridgehead atoms. The van der Waals surface area contributed by atoms with Gasteiger partial charge in [-0.15, -0.1) is 0 Å². The highest BCUT2D eigenvalue weighted by molar-refractivity contribution is 7.89. The molecule has 0 amide bonds. The summed E-state index contributed by atoms with van der Waals surface area (Å²) in [6.07, 6.45) is 4.93. The summed E-state index contributed by atoms with van der Waals surface area (Å²) >= 11 is 0. The van der Waals surface area contributed by atoms with Gasteiger partial charge in [0.25, 0.3) is 0 Å². The molecule has 0 heterocycles. The molecule has 6 heteroatoms. The van der Waals surface area contributed by atoms with E-state index in [2.05, 4.69) is 11.6 Å². The third-order valence-electron chi connectivity index (χ3n) is 4.22. The number of benzene rings is 1. The van der Waals surface area contributed by atoms with Crippen LogP contribution in [0, 0.1) is 11.7 Å². The molecule has 2 rings (SSSR count). The van der Waals surface area contributed by atoms with Crippen molar-refractivity contribution in [3.63, 3.8) is 0 Å². The molecule has 1 aliphatic carbocycles. The van der Waals surface area contributed by atoms with Crippen LogP contribution in [0.5, 0.6) is 0 Å². The van der Waals surface area contributed by atoms with Crippen LogP contribution >= 0.6 is 0 Å². The zero-order chi connectivity index (χ0) is 15.5. The van der Waals surface area contributed by atoms with Crippen LogP contribution in [0.4, 0.5) is 4.39 Å². The van der Waals surface area contributed by atoms with E-state index < -0.39 is 15.8 Å². The minimum Gasteiger partial charge on any atom is -0.326 e. The number of rotatable bonds is 5. The predicted molar refractivity (Wildman–Crippen MR) is 80.6 cm³/mol. The van der Waals surface area contributed by atoms with Gasteiger partial charge in [-0.25, -0.2) is 17.5 Å². The summed E-state index contributed by atoms with van der Waals surface area (Å²) in [5.74, 6) is -0.00408. The Morgan fingerprint density at radius 3 is 2.81 bits per heavy atom. The molecule has 2 atom stereocenters. The van der Waals surface area contributed by atoms with Crippen molar-refractivity contribution in [3.8, 4) is 0 Å². The Hall–Kier alpha value is -0.980. The number of nitrogens with two attached hydrogens (primary N) is 1. The molecule has 3 N–H and O–H groups in total. The number of halogens is 1. The van der Waals surface area contributed by atoms with Gasteiger partial charge in [0, 0.05) is 12.6 Å². The monoisotopic (exact) mass is 314 g/mol. The Balaban J connectivity index is 2.20. The Labute approximate surface area is 126 Å². The Kier molecular flexibility index (Phi) is 5.35. The molecule has 2 unspecified atom stereocenters. The first-order valence-corrected chi connectivity index (χ1v) is 8.95. The molecule has 21 heavy (non-hydrogen) atoms. The molecule has 4 nitrogen and oxygen atoms in total. The highest BCUT2D eigenvalue weighted by Gasteiger charge is 2.27. The molecular weight excluding hydrogens is 291 g/mol. The number of nitrogens with one attached hydrogen (secondary N) is 1. The number of sulfonamides is 1. The van der Waals surface area contributed by atoms with E-state index in [-0.39, 0.29) is 17.5 Å². The zero-order valence-electron chi connectivity index (χ0n) is 12.3. The first-order valence-electron chi connectivity index (χ1n) is 7.47. The van der Waals surface area contributed by atoms with Gasteiger partial charge in [0.05, 0.1) is 4.90 Å². The van der Waals surface area contributed by atoms with E-state index in [0.717, 1.165) is 38.2 Å². The normalized spacial score (nSPS) is 23.2. The molecule has 0 aliphatic heterocycles. The maximum Gasteiger partial charge on any atom is 0.241 e. The molecule has 0 aromatic heterocycles. The van der Waals surface area contributed by atoms with Gasteiger partial charge in [0.1, 0.15) is 5.82 Å². The van der Waals surface area contributed by atoms with Crippen LogP contribution in [-0.4, -0.2) is 14.5 Å². The predicted octanol–water partition coefficient (Wildman–Crippen LogP) is 2.53. The summed E-state index contributed by atoms with van der Waals surface area (Å²) in [6, 6.07) is 3.64. The lowest BCUT2D eigenvalue weighted by Gasteiger charge is -2.29. The number of hydrogen-bond donors (Lipinski definition) is 2. The molecule has 1 aliphatic rings. The largest absolute Gasteiger partial charge is 0.326 e. The molecule has 0 radical (unpaired) electrons. The molecule has 1 aromatic rings. The third-order valence-corrected chi connectivity index (χ3v) is 5.82. The fraction of sp³-hybridized carbons (Fsp3) is 0.600.